The molecule has 2 aliphatic rings. The largest absolute Gasteiger partial charge is 0.328 e. The lowest BCUT2D eigenvalue weighted by Gasteiger charge is -2.40. The van der Waals surface area contributed by atoms with Gasteiger partial charge in [-0.1, -0.05) is 6.92 Å². The Labute approximate surface area is 111 Å². The summed E-state index contributed by atoms with van der Waals surface area (Å²) in [7, 11) is 1.89. The van der Waals surface area contributed by atoms with Crippen LogP contribution >= 0.6 is 0 Å². The van der Waals surface area contributed by atoms with E-state index in [1.165, 1.54) is 38.9 Å². The van der Waals surface area contributed by atoms with Crippen LogP contribution in [-0.2, 0) is 0 Å². The topological polar surface area (TPSA) is 26.8 Å². The minimum Gasteiger partial charge on any atom is -0.328 e. The Bertz CT molecular complexity index is 297. The van der Waals surface area contributed by atoms with Crippen LogP contribution in [0.4, 0.5) is 4.79 Å². The van der Waals surface area contributed by atoms with Crippen molar-refractivity contribution in [1.29, 1.82) is 0 Å². The van der Waals surface area contributed by atoms with Crippen LogP contribution in [0.15, 0.2) is 0 Å². The third kappa shape index (κ3) is 2.63. The summed E-state index contributed by atoms with van der Waals surface area (Å²) in [5, 5.41) is 0. The zero-order valence-corrected chi connectivity index (χ0v) is 12.1. The molecule has 0 bridgehead atoms. The summed E-state index contributed by atoms with van der Waals surface area (Å²) in [4.78, 5) is 18.5. The molecule has 0 atom stereocenters. The molecule has 4 heteroatoms. The summed E-state index contributed by atoms with van der Waals surface area (Å²) in [6.45, 7) is 10.6. The number of carbonyl (C=O) groups is 1. The molecule has 104 valence electrons. The van der Waals surface area contributed by atoms with E-state index >= 15 is 0 Å². The van der Waals surface area contributed by atoms with Gasteiger partial charge in [-0.05, 0) is 44.7 Å². The highest BCUT2D eigenvalue weighted by molar-refractivity contribution is 5.74. The van der Waals surface area contributed by atoms with Crippen molar-refractivity contribution < 1.29 is 4.79 Å². The van der Waals surface area contributed by atoms with Gasteiger partial charge in [-0.3, -0.25) is 0 Å². The summed E-state index contributed by atoms with van der Waals surface area (Å²) in [5.74, 6) is 0. The van der Waals surface area contributed by atoms with Gasteiger partial charge in [0, 0.05) is 33.2 Å². The lowest BCUT2D eigenvalue weighted by molar-refractivity contribution is 0.104. The van der Waals surface area contributed by atoms with Crippen LogP contribution in [-0.4, -0.2) is 67.0 Å². The first kappa shape index (κ1) is 13.7. The van der Waals surface area contributed by atoms with Gasteiger partial charge < -0.3 is 14.7 Å². The van der Waals surface area contributed by atoms with E-state index in [4.69, 9.17) is 0 Å². The second-order valence-corrected chi connectivity index (χ2v) is 5.90. The van der Waals surface area contributed by atoms with E-state index < -0.39 is 0 Å². The first-order valence-corrected chi connectivity index (χ1v) is 7.32. The molecule has 2 amide bonds. The number of hydrogen-bond donors (Lipinski definition) is 0. The zero-order valence-electron chi connectivity index (χ0n) is 12.1. The van der Waals surface area contributed by atoms with Crippen molar-refractivity contribution in [3.8, 4) is 0 Å². The van der Waals surface area contributed by atoms with Gasteiger partial charge in [-0.25, -0.2) is 4.79 Å². The molecule has 0 aromatic carbocycles. The first-order chi connectivity index (χ1) is 8.60. The molecule has 0 saturated carbocycles. The summed E-state index contributed by atoms with van der Waals surface area (Å²) in [6, 6.07) is 0.206. The lowest BCUT2D eigenvalue weighted by Crippen LogP contribution is -2.48. The molecule has 2 heterocycles. The van der Waals surface area contributed by atoms with E-state index in [0.29, 0.717) is 5.41 Å². The lowest BCUT2D eigenvalue weighted by atomic mass is 9.78. The summed E-state index contributed by atoms with van der Waals surface area (Å²) < 4.78 is 0. The highest BCUT2D eigenvalue weighted by Crippen LogP contribution is 2.40. The van der Waals surface area contributed by atoms with E-state index in [9.17, 15) is 4.79 Å². The maximum Gasteiger partial charge on any atom is 0.319 e. The maximum atomic E-state index is 12.1. The molecule has 4 nitrogen and oxygen atoms in total. The van der Waals surface area contributed by atoms with Crippen LogP contribution in [0.3, 0.4) is 0 Å². The molecule has 0 aliphatic carbocycles. The Morgan fingerprint density at radius 1 is 1.17 bits per heavy atom. The summed E-state index contributed by atoms with van der Waals surface area (Å²) in [6.07, 6.45) is 3.70. The van der Waals surface area contributed by atoms with E-state index in [1.807, 2.05) is 23.8 Å². The van der Waals surface area contributed by atoms with E-state index in [2.05, 4.69) is 11.8 Å². The molecule has 2 fully saturated rings. The standard InChI is InChI=1S/C14H27N3O/c1-4-15(3)13(18)17-10-7-14(8-11-17)6-9-16(5-2)12-14/h4-12H2,1-3H3. The number of hydrogen-bond acceptors (Lipinski definition) is 2. The smallest absolute Gasteiger partial charge is 0.319 e. The minimum absolute atomic E-state index is 0.206. The Balaban J connectivity index is 1.87. The second kappa shape index (κ2) is 5.47. The van der Waals surface area contributed by atoms with Gasteiger partial charge in [0.2, 0.25) is 0 Å². The van der Waals surface area contributed by atoms with Crippen molar-refractivity contribution in [2.24, 2.45) is 5.41 Å². The molecule has 0 radical (unpaired) electrons. The highest BCUT2D eigenvalue weighted by atomic mass is 16.2. The van der Waals surface area contributed by atoms with Crippen LogP contribution in [0.5, 0.6) is 0 Å². The van der Waals surface area contributed by atoms with Crippen LogP contribution < -0.4 is 0 Å². The molecular formula is C14H27N3O. The average Bonchev–Trinajstić information content (AvgIpc) is 2.81. The predicted octanol–water partition coefficient (Wildman–Crippen LogP) is 1.87. The Kier molecular flexibility index (Phi) is 4.15. The molecular weight excluding hydrogens is 226 g/mol. The number of rotatable bonds is 2. The fourth-order valence-electron chi connectivity index (χ4n) is 3.25. The second-order valence-electron chi connectivity index (χ2n) is 5.90. The van der Waals surface area contributed by atoms with Gasteiger partial charge in [0.1, 0.15) is 0 Å². The Morgan fingerprint density at radius 3 is 2.28 bits per heavy atom. The van der Waals surface area contributed by atoms with Crippen LogP contribution in [0.25, 0.3) is 0 Å². The third-order valence-electron chi connectivity index (χ3n) is 4.86. The molecule has 18 heavy (non-hydrogen) atoms. The number of amides is 2. The number of likely N-dealkylation sites (tertiary alicyclic amines) is 2. The molecule has 0 aromatic rings. The number of urea groups is 1. The van der Waals surface area contributed by atoms with Gasteiger partial charge in [0.05, 0.1) is 0 Å². The molecule has 0 aromatic heterocycles. The van der Waals surface area contributed by atoms with Crippen molar-refractivity contribution in [2.75, 3.05) is 46.3 Å². The minimum atomic E-state index is 0.206. The fraction of sp³-hybridized carbons (Fsp3) is 0.929. The maximum absolute atomic E-state index is 12.1. The highest BCUT2D eigenvalue weighted by Gasteiger charge is 2.40. The average molecular weight is 253 g/mol. The fourth-order valence-corrected chi connectivity index (χ4v) is 3.25. The predicted molar refractivity (Wildman–Crippen MR) is 73.7 cm³/mol. The number of nitrogens with zero attached hydrogens (tertiary/aromatic N) is 3. The Hall–Kier alpha value is -0.770. The van der Waals surface area contributed by atoms with Crippen molar-refractivity contribution >= 4 is 6.03 Å². The van der Waals surface area contributed by atoms with Gasteiger partial charge in [0.25, 0.3) is 0 Å². The van der Waals surface area contributed by atoms with E-state index in [0.717, 1.165) is 19.6 Å². The number of piperidine rings is 1. The quantitative estimate of drug-likeness (QED) is 0.751. The van der Waals surface area contributed by atoms with Crippen LogP contribution in [0, 0.1) is 5.41 Å². The number of carbonyl (C=O) groups excluding carboxylic acids is 1. The monoisotopic (exact) mass is 253 g/mol. The van der Waals surface area contributed by atoms with Crippen molar-refractivity contribution in [3.05, 3.63) is 0 Å². The summed E-state index contributed by atoms with van der Waals surface area (Å²) in [5.41, 5.74) is 0.511. The first-order valence-electron chi connectivity index (χ1n) is 7.32. The van der Waals surface area contributed by atoms with Crippen molar-refractivity contribution in [1.82, 2.24) is 14.7 Å². The zero-order chi connectivity index (χ0) is 13.2. The van der Waals surface area contributed by atoms with Crippen LogP contribution in [0.1, 0.15) is 33.1 Å². The van der Waals surface area contributed by atoms with Crippen molar-refractivity contribution in [2.45, 2.75) is 33.1 Å². The van der Waals surface area contributed by atoms with E-state index in [1.54, 1.807) is 0 Å². The molecule has 0 unspecified atom stereocenters. The van der Waals surface area contributed by atoms with Gasteiger partial charge in [-0.15, -0.1) is 0 Å². The molecule has 0 N–H and O–H groups in total. The van der Waals surface area contributed by atoms with Crippen LogP contribution in [0.2, 0.25) is 0 Å². The van der Waals surface area contributed by atoms with Gasteiger partial charge >= 0.3 is 6.03 Å². The summed E-state index contributed by atoms with van der Waals surface area (Å²) >= 11 is 0. The molecule has 2 rings (SSSR count). The SMILES string of the molecule is CCN1CCC2(CCN(C(=O)N(C)CC)CC2)C1. The third-order valence-corrected chi connectivity index (χ3v) is 4.86. The molecule has 2 aliphatic heterocycles. The van der Waals surface area contributed by atoms with E-state index in [-0.39, 0.29) is 6.03 Å². The molecule has 2 saturated heterocycles. The van der Waals surface area contributed by atoms with Gasteiger partial charge in [0.15, 0.2) is 0 Å². The van der Waals surface area contributed by atoms with Gasteiger partial charge in [-0.2, -0.15) is 0 Å². The van der Waals surface area contributed by atoms with Crippen molar-refractivity contribution in [3.63, 3.8) is 0 Å². The Morgan fingerprint density at radius 2 is 1.78 bits per heavy atom. The molecule has 1 spiro atoms. The normalized spacial score (nSPS) is 23.6.